The van der Waals surface area contributed by atoms with Crippen molar-refractivity contribution in [2.75, 3.05) is 11.9 Å². The molecule has 0 fully saturated rings. The van der Waals surface area contributed by atoms with E-state index in [1.807, 2.05) is 52.9 Å². The molecule has 2 heterocycles. The summed E-state index contributed by atoms with van der Waals surface area (Å²) in [6.07, 6.45) is 1.92. The second kappa shape index (κ2) is 4.98. The second-order valence-electron chi connectivity index (χ2n) is 4.81. The molecule has 0 bridgehead atoms. The van der Waals surface area contributed by atoms with Crippen molar-refractivity contribution in [3.8, 4) is 0 Å². The molecule has 0 spiro atoms. The highest BCUT2D eigenvalue weighted by molar-refractivity contribution is 5.67. The zero-order valence-electron chi connectivity index (χ0n) is 11.6. The molecule has 0 saturated carbocycles. The molecule has 102 valence electrons. The lowest BCUT2D eigenvalue weighted by Crippen LogP contribution is -2.13. The van der Waals surface area contributed by atoms with Crippen LogP contribution in [0.4, 0.5) is 11.5 Å². The fourth-order valence-electron chi connectivity index (χ4n) is 2.50. The summed E-state index contributed by atoms with van der Waals surface area (Å²) >= 11 is 0. The molecule has 4 nitrogen and oxygen atoms in total. The molecule has 0 amide bonds. The average molecular weight is 267 g/mol. The number of anilines is 2. The van der Waals surface area contributed by atoms with Gasteiger partial charge in [-0.15, -0.1) is 0 Å². The molecule has 0 aliphatic carbocycles. The summed E-state index contributed by atoms with van der Waals surface area (Å²) in [7, 11) is 1.98. The number of aliphatic hydroxyl groups is 1. The van der Waals surface area contributed by atoms with Crippen molar-refractivity contribution >= 4 is 17.2 Å². The molecule has 4 heteroatoms. The van der Waals surface area contributed by atoms with E-state index >= 15 is 0 Å². The van der Waals surface area contributed by atoms with Crippen molar-refractivity contribution in [3.63, 3.8) is 0 Å². The molecule has 20 heavy (non-hydrogen) atoms. The number of benzene rings is 1. The molecule has 0 aliphatic heterocycles. The minimum absolute atomic E-state index is 0.0449. The van der Waals surface area contributed by atoms with Crippen LogP contribution in [-0.4, -0.2) is 21.5 Å². The summed E-state index contributed by atoms with van der Waals surface area (Å²) in [6, 6.07) is 14.0. The number of imidazole rings is 1. The van der Waals surface area contributed by atoms with Crippen LogP contribution in [0.15, 0.2) is 48.7 Å². The Hall–Kier alpha value is -2.33. The smallest absolute Gasteiger partial charge is 0.157 e. The Morgan fingerprint density at radius 2 is 1.90 bits per heavy atom. The van der Waals surface area contributed by atoms with Gasteiger partial charge in [-0.05, 0) is 30.7 Å². The van der Waals surface area contributed by atoms with Crippen molar-refractivity contribution < 1.29 is 5.11 Å². The van der Waals surface area contributed by atoms with Crippen molar-refractivity contribution in [3.05, 3.63) is 59.9 Å². The quantitative estimate of drug-likeness (QED) is 0.793. The van der Waals surface area contributed by atoms with Crippen LogP contribution in [0.3, 0.4) is 0 Å². The Morgan fingerprint density at radius 3 is 2.65 bits per heavy atom. The number of hydrogen-bond donors (Lipinski definition) is 1. The van der Waals surface area contributed by atoms with Gasteiger partial charge < -0.3 is 10.0 Å². The predicted molar refractivity (Wildman–Crippen MR) is 80.4 cm³/mol. The Kier molecular flexibility index (Phi) is 3.16. The highest BCUT2D eigenvalue weighted by Gasteiger charge is 2.16. The van der Waals surface area contributed by atoms with E-state index < -0.39 is 0 Å². The van der Waals surface area contributed by atoms with E-state index in [0.717, 1.165) is 22.8 Å². The van der Waals surface area contributed by atoms with Crippen LogP contribution >= 0.6 is 0 Å². The van der Waals surface area contributed by atoms with Crippen molar-refractivity contribution in [1.29, 1.82) is 0 Å². The Bertz CT molecular complexity index is 748. The molecule has 1 aromatic carbocycles. The first-order chi connectivity index (χ1) is 9.72. The topological polar surface area (TPSA) is 40.8 Å². The fraction of sp³-hybridized carbons (Fsp3) is 0.188. The number of hydrogen-bond acceptors (Lipinski definition) is 3. The van der Waals surface area contributed by atoms with E-state index in [0.29, 0.717) is 0 Å². The highest BCUT2D eigenvalue weighted by atomic mass is 16.3. The molecular formula is C16H17N3O. The first-order valence-electron chi connectivity index (χ1n) is 6.58. The number of nitrogens with zero attached hydrogens (tertiary/aromatic N) is 3. The van der Waals surface area contributed by atoms with Gasteiger partial charge in [0.2, 0.25) is 0 Å². The van der Waals surface area contributed by atoms with Gasteiger partial charge in [0.25, 0.3) is 0 Å². The standard InChI is InChI=1S/C16H17N3O/c1-12-7-3-4-8-13(12)18(2)16-14(11-20)19-10-6-5-9-15(19)17-16/h3-10,20H,11H2,1-2H3. The van der Waals surface area contributed by atoms with Crippen molar-refractivity contribution in [2.45, 2.75) is 13.5 Å². The number of rotatable bonds is 3. The lowest BCUT2D eigenvalue weighted by atomic mass is 10.2. The molecule has 3 aromatic rings. The van der Waals surface area contributed by atoms with Gasteiger partial charge in [0.1, 0.15) is 5.65 Å². The summed E-state index contributed by atoms with van der Waals surface area (Å²) in [4.78, 5) is 6.65. The van der Waals surface area contributed by atoms with Crippen LogP contribution in [0.25, 0.3) is 5.65 Å². The minimum Gasteiger partial charge on any atom is -0.390 e. The third kappa shape index (κ3) is 1.94. The van der Waals surface area contributed by atoms with Gasteiger partial charge in [0.05, 0.1) is 12.3 Å². The van der Waals surface area contributed by atoms with Gasteiger partial charge in [0.15, 0.2) is 5.82 Å². The third-order valence-electron chi connectivity index (χ3n) is 3.55. The number of fused-ring (bicyclic) bond motifs is 1. The zero-order chi connectivity index (χ0) is 14.1. The van der Waals surface area contributed by atoms with Gasteiger partial charge in [-0.3, -0.25) is 4.40 Å². The largest absolute Gasteiger partial charge is 0.390 e. The molecule has 0 atom stereocenters. The van der Waals surface area contributed by atoms with Crippen LogP contribution < -0.4 is 4.90 Å². The molecule has 0 aliphatic rings. The zero-order valence-corrected chi connectivity index (χ0v) is 11.6. The van der Waals surface area contributed by atoms with E-state index in [9.17, 15) is 5.11 Å². The maximum Gasteiger partial charge on any atom is 0.157 e. The first kappa shape index (κ1) is 12.7. The lowest BCUT2D eigenvalue weighted by Gasteiger charge is -2.20. The maximum atomic E-state index is 9.68. The molecular weight excluding hydrogens is 250 g/mol. The number of pyridine rings is 1. The number of aryl methyl sites for hydroxylation is 1. The van der Waals surface area contributed by atoms with Gasteiger partial charge >= 0.3 is 0 Å². The van der Waals surface area contributed by atoms with E-state index in [4.69, 9.17) is 0 Å². The van der Waals surface area contributed by atoms with Gasteiger partial charge in [-0.2, -0.15) is 0 Å². The Labute approximate surface area is 117 Å². The number of aliphatic hydroxyl groups excluding tert-OH is 1. The summed E-state index contributed by atoms with van der Waals surface area (Å²) in [5.74, 6) is 0.785. The number of para-hydroxylation sites is 1. The van der Waals surface area contributed by atoms with E-state index in [2.05, 4.69) is 24.0 Å². The van der Waals surface area contributed by atoms with Crippen LogP contribution in [0, 0.1) is 6.92 Å². The summed E-state index contributed by atoms with van der Waals surface area (Å²) in [5.41, 5.74) is 3.90. The van der Waals surface area contributed by atoms with Crippen LogP contribution in [0.5, 0.6) is 0 Å². The van der Waals surface area contributed by atoms with Crippen LogP contribution in [0.2, 0.25) is 0 Å². The van der Waals surface area contributed by atoms with E-state index in [1.165, 1.54) is 5.56 Å². The molecule has 2 aromatic heterocycles. The minimum atomic E-state index is -0.0449. The molecule has 3 rings (SSSR count). The third-order valence-corrected chi connectivity index (χ3v) is 3.55. The average Bonchev–Trinajstić information content (AvgIpc) is 2.85. The second-order valence-corrected chi connectivity index (χ2v) is 4.81. The molecule has 1 N–H and O–H groups in total. The SMILES string of the molecule is Cc1ccccc1N(C)c1nc2ccccn2c1CO. The highest BCUT2D eigenvalue weighted by Crippen LogP contribution is 2.29. The summed E-state index contributed by atoms with van der Waals surface area (Å²) in [6.45, 7) is 2.02. The van der Waals surface area contributed by atoms with Gasteiger partial charge in [-0.1, -0.05) is 24.3 Å². The maximum absolute atomic E-state index is 9.68. The summed E-state index contributed by atoms with van der Waals surface area (Å²) < 4.78 is 1.92. The van der Waals surface area contributed by atoms with Gasteiger partial charge in [-0.25, -0.2) is 4.98 Å². The predicted octanol–water partition coefficient (Wildman–Crippen LogP) is 2.90. The van der Waals surface area contributed by atoms with Crippen LogP contribution in [-0.2, 0) is 6.61 Å². The van der Waals surface area contributed by atoms with Gasteiger partial charge in [0, 0.05) is 18.9 Å². The normalized spacial score (nSPS) is 10.9. The fourth-order valence-corrected chi connectivity index (χ4v) is 2.50. The lowest BCUT2D eigenvalue weighted by molar-refractivity contribution is 0.276. The van der Waals surface area contributed by atoms with E-state index in [-0.39, 0.29) is 6.61 Å². The van der Waals surface area contributed by atoms with Crippen LogP contribution in [0.1, 0.15) is 11.3 Å². The Morgan fingerprint density at radius 1 is 1.15 bits per heavy atom. The monoisotopic (exact) mass is 267 g/mol. The molecule has 0 saturated heterocycles. The van der Waals surface area contributed by atoms with Crippen molar-refractivity contribution in [1.82, 2.24) is 9.38 Å². The van der Waals surface area contributed by atoms with Crippen molar-refractivity contribution in [2.24, 2.45) is 0 Å². The molecule has 0 radical (unpaired) electrons. The Balaban J connectivity index is 2.17. The van der Waals surface area contributed by atoms with E-state index in [1.54, 1.807) is 0 Å². The molecule has 0 unspecified atom stereocenters. The number of aromatic nitrogens is 2. The summed E-state index contributed by atoms with van der Waals surface area (Å²) in [5, 5.41) is 9.68. The first-order valence-corrected chi connectivity index (χ1v) is 6.58.